The summed E-state index contributed by atoms with van der Waals surface area (Å²) >= 11 is 0. The van der Waals surface area contributed by atoms with Gasteiger partial charge in [-0.1, -0.05) is 12.1 Å². The molecule has 1 aliphatic carbocycles. The average Bonchev–Trinajstić information content (AvgIpc) is 3.35. The van der Waals surface area contributed by atoms with E-state index >= 15 is 0 Å². The van der Waals surface area contributed by atoms with Crippen LogP contribution in [0.5, 0.6) is 5.75 Å². The highest BCUT2D eigenvalue weighted by molar-refractivity contribution is 5.95. The fourth-order valence-electron chi connectivity index (χ4n) is 2.72. The molecule has 3 aromatic rings. The normalized spacial score (nSPS) is 14.3. The number of ether oxygens (including phenoxy) is 1. The summed E-state index contributed by atoms with van der Waals surface area (Å²) in [7, 11) is 0. The highest BCUT2D eigenvalue weighted by atomic mass is 19.4. The van der Waals surface area contributed by atoms with Crippen molar-refractivity contribution in [2.45, 2.75) is 31.5 Å². The number of carbonyl (C=O) groups is 1. The van der Waals surface area contributed by atoms with Crippen molar-refractivity contribution in [1.29, 1.82) is 0 Å². The van der Waals surface area contributed by atoms with E-state index < -0.39 is 6.36 Å². The largest absolute Gasteiger partial charge is 0.573 e. The van der Waals surface area contributed by atoms with Crippen LogP contribution in [0.2, 0.25) is 0 Å². The second-order valence-electron chi connectivity index (χ2n) is 6.35. The van der Waals surface area contributed by atoms with Crippen LogP contribution in [0.25, 0.3) is 5.65 Å². The molecule has 0 radical (unpaired) electrons. The fraction of sp³-hybridized carbons (Fsp3) is 0.278. The van der Waals surface area contributed by atoms with Gasteiger partial charge in [0.1, 0.15) is 5.75 Å². The van der Waals surface area contributed by atoms with Crippen LogP contribution in [0.15, 0.2) is 42.6 Å². The van der Waals surface area contributed by atoms with Crippen LogP contribution in [0.3, 0.4) is 0 Å². The number of amides is 1. The first-order valence-corrected chi connectivity index (χ1v) is 8.37. The highest BCUT2D eigenvalue weighted by Crippen LogP contribution is 2.38. The summed E-state index contributed by atoms with van der Waals surface area (Å²) in [5.74, 6) is 0.541. The van der Waals surface area contributed by atoms with Crippen molar-refractivity contribution in [3.8, 4) is 5.75 Å². The number of anilines is 1. The lowest BCUT2D eigenvalue weighted by Crippen LogP contribution is -2.17. The zero-order chi connectivity index (χ0) is 19.0. The van der Waals surface area contributed by atoms with E-state index in [9.17, 15) is 18.0 Å². The molecular weight excluding hydrogens is 361 g/mol. The lowest BCUT2D eigenvalue weighted by atomic mass is 10.1. The molecule has 4 rings (SSSR count). The van der Waals surface area contributed by atoms with Crippen LogP contribution in [0, 0.1) is 0 Å². The second-order valence-corrected chi connectivity index (χ2v) is 6.35. The molecule has 0 aliphatic heterocycles. The van der Waals surface area contributed by atoms with Crippen LogP contribution < -0.4 is 10.1 Å². The van der Waals surface area contributed by atoms with Crippen molar-refractivity contribution in [2.75, 3.05) is 5.32 Å². The number of hydrogen-bond donors (Lipinski definition) is 1. The van der Waals surface area contributed by atoms with E-state index in [0.29, 0.717) is 22.8 Å². The Kier molecular flexibility index (Phi) is 4.21. The summed E-state index contributed by atoms with van der Waals surface area (Å²) in [5, 5.41) is 7.20. The molecule has 1 saturated carbocycles. The molecule has 2 aromatic heterocycles. The van der Waals surface area contributed by atoms with E-state index in [-0.39, 0.29) is 18.1 Å². The maximum absolute atomic E-state index is 12.3. The number of halogens is 3. The number of pyridine rings is 1. The molecule has 2 heterocycles. The van der Waals surface area contributed by atoms with Crippen molar-refractivity contribution in [2.24, 2.45) is 0 Å². The molecule has 0 atom stereocenters. The Morgan fingerprint density at radius 1 is 1.22 bits per heavy atom. The zero-order valence-corrected chi connectivity index (χ0v) is 14.0. The van der Waals surface area contributed by atoms with Gasteiger partial charge in [0, 0.05) is 12.1 Å². The number of fused-ring (bicyclic) bond motifs is 1. The van der Waals surface area contributed by atoms with E-state index in [1.807, 2.05) is 0 Å². The van der Waals surface area contributed by atoms with Gasteiger partial charge in [-0.3, -0.25) is 4.79 Å². The Hall–Kier alpha value is -3.10. The molecule has 0 saturated heterocycles. The number of carbonyl (C=O) groups excluding carboxylic acids is 1. The Morgan fingerprint density at radius 3 is 2.63 bits per heavy atom. The molecular formula is C18H15F3N4O2. The average molecular weight is 376 g/mol. The van der Waals surface area contributed by atoms with Gasteiger partial charge in [-0.25, -0.2) is 9.50 Å². The number of nitrogens with zero attached hydrogens (tertiary/aromatic N) is 3. The summed E-state index contributed by atoms with van der Waals surface area (Å²) in [6, 6.07) is 8.69. The smallest absolute Gasteiger partial charge is 0.406 e. The maximum atomic E-state index is 12.3. The maximum Gasteiger partial charge on any atom is 0.573 e. The van der Waals surface area contributed by atoms with Gasteiger partial charge in [0.2, 0.25) is 5.91 Å². The zero-order valence-electron chi connectivity index (χ0n) is 14.0. The summed E-state index contributed by atoms with van der Waals surface area (Å²) in [6.45, 7) is 0. The fourth-order valence-corrected chi connectivity index (χ4v) is 2.72. The first kappa shape index (κ1) is 17.3. The molecule has 140 valence electrons. The number of alkyl halides is 3. The number of aromatic nitrogens is 3. The number of nitrogens with one attached hydrogen (secondary N) is 1. The van der Waals surface area contributed by atoms with Crippen LogP contribution in [0.4, 0.5) is 18.9 Å². The summed E-state index contributed by atoms with van der Waals surface area (Å²) in [6.07, 6.45) is -0.811. The van der Waals surface area contributed by atoms with E-state index in [4.69, 9.17) is 0 Å². The molecule has 6 nitrogen and oxygen atoms in total. The summed E-state index contributed by atoms with van der Waals surface area (Å²) < 4.78 is 42.0. The first-order valence-electron chi connectivity index (χ1n) is 8.37. The Balaban J connectivity index is 1.44. The molecule has 0 spiro atoms. The third-order valence-corrected chi connectivity index (χ3v) is 4.12. The number of rotatable bonds is 5. The molecule has 0 bridgehead atoms. The van der Waals surface area contributed by atoms with E-state index in [2.05, 4.69) is 20.1 Å². The predicted octanol–water partition coefficient (Wildman–Crippen LogP) is 3.69. The summed E-state index contributed by atoms with van der Waals surface area (Å²) in [4.78, 5) is 16.8. The minimum Gasteiger partial charge on any atom is -0.406 e. The van der Waals surface area contributed by atoms with Gasteiger partial charge in [-0.05, 0) is 42.7 Å². The lowest BCUT2D eigenvalue weighted by Gasteiger charge is -2.09. The van der Waals surface area contributed by atoms with Crippen molar-refractivity contribution in [3.63, 3.8) is 0 Å². The molecule has 9 heteroatoms. The molecule has 1 fully saturated rings. The summed E-state index contributed by atoms with van der Waals surface area (Å²) in [5.41, 5.74) is 1.68. The third kappa shape index (κ3) is 4.18. The van der Waals surface area contributed by atoms with Gasteiger partial charge in [-0.15, -0.1) is 13.2 Å². The standard InChI is InChI=1S/C18H15F3N4O2/c19-18(20,21)27-13-7-3-11(4-8-13)10-15(26)22-14-2-1-9-25-17(14)23-16(24-25)12-5-6-12/h1-4,7-9,12H,5-6,10H2,(H,22,26). The topological polar surface area (TPSA) is 68.5 Å². The van der Waals surface area contributed by atoms with Crippen LogP contribution in [0.1, 0.15) is 30.1 Å². The molecule has 0 unspecified atom stereocenters. The monoisotopic (exact) mass is 376 g/mol. The SMILES string of the molecule is O=C(Cc1ccc(OC(F)(F)F)cc1)Nc1cccn2nc(C3CC3)nc12. The molecule has 1 amide bonds. The Bertz CT molecular complexity index is 978. The molecule has 1 N–H and O–H groups in total. The van der Waals surface area contributed by atoms with E-state index in [1.165, 1.54) is 24.3 Å². The van der Waals surface area contributed by atoms with Gasteiger partial charge in [-0.2, -0.15) is 5.10 Å². The van der Waals surface area contributed by atoms with Gasteiger partial charge in [0.05, 0.1) is 12.1 Å². The lowest BCUT2D eigenvalue weighted by molar-refractivity contribution is -0.274. The molecule has 27 heavy (non-hydrogen) atoms. The third-order valence-electron chi connectivity index (χ3n) is 4.12. The van der Waals surface area contributed by atoms with Crippen molar-refractivity contribution in [3.05, 3.63) is 54.0 Å². The van der Waals surface area contributed by atoms with E-state index in [0.717, 1.165) is 18.7 Å². The van der Waals surface area contributed by atoms with Crippen molar-refractivity contribution < 1.29 is 22.7 Å². The minimum atomic E-state index is -4.74. The van der Waals surface area contributed by atoms with Crippen molar-refractivity contribution in [1.82, 2.24) is 14.6 Å². The Labute approximate surface area is 152 Å². The molecule has 1 aromatic carbocycles. The van der Waals surface area contributed by atoms with Crippen molar-refractivity contribution >= 4 is 17.2 Å². The van der Waals surface area contributed by atoms with Gasteiger partial charge in [0.25, 0.3) is 0 Å². The van der Waals surface area contributed by atoms with Crippen LogP contribution in [-0.2, 0) is 11.2 Å². The van der Waals surface area contributed by atoms with Crippen LogP contribution in [-0.4, -0.2) is 26.9 Å². The quantitative estimate of drug-likeness (QED) is 0.738. The number of hydrogen-bond acceptors (Lipinski definition) is 4. The first-order chi connectivity index (χ1) is 12.9. The van der Waals surface area contributed by atoms with Gasteiger partial charge in [0.15, 0.2) is 11.5 Å². The van der Waals surface area contributed by atoms with Gasteiger partial charge >= 0.3 is 6.36 Å². The Morgan fingerprint density at radius 2 is 1.96 bits per heavy atom. The molecule has 1 aliphatic rings. The van der Waals surface area contributed by atoms with E-state index in [1.54, 1.807) is 22.8 Å². The minimum absolute atomic E-state index is 0.0109. The van der Waals surface area contributed by atoms with Crippen LogP contribution >= 0.6 is 0 Å². The number of benzene rings is 1. The second kappa shape index (κ2) is 6.57. The predicted molar refractivity (Wildman–Crippen MR) is 90.4 cm³/mol. The van der Waals surface area contributed by atoms with Gasteiger partial charge < -0.3 is 10.1 Å². The highest BCUT2D eigenvalue weighted by Gasteiger charge is 2.31.